The van der Waals surface area contributed by atoms with E-state index in [1.165, 1.54) is 35.0 Å². The Bertz CT molecular complexity index is 1080. The topological polar surface area (TPSA) is 67.7 Å². The van der Waals surface area contributed by atoms with Crippen LogP contribution in [0.15, 0.2) is 59.9 Å². The van der Waals surface area contributed by atoms with E-state index in [1.54, 1.807) is 23.7 Å². The van der Waals surface area contributed by atoms with Crippen molar-refractivity contribution in [1.29, 1.82) is 0 Å². The van der Waals surface area contributed by atoms with Crippen LogP contribution < -0.4 is 4.90 Å². The van der Waals surface area contributed by atoms with Crippen LogP contribution in [0.3, 0.4) is 0 Å². The molecule has 0 unspecified atom stereocenters. The highest BCUT2D eigenvalue weighted by atomic mass is 32.2. The number of likely N-dealkylation sites (N-methyl/N-ethyl adjacent to an activating group) is 1. The summed E-state index contributed by atoms with van der Waals surface area (Å²) in [6, 6.07) is 13.6. The largest absolute Gasteiger partial charge is 0.451 e. The summed E-state index contributed by atoms with van der Waals surface area (Å²) in [5, 5.41) is 0.549. The van der Waals surface area contributed by atoms with Gasteiger partial charge in [-0.05, 0) is 48.2 Å². The predicted octanol–water partition coefficient (Wildman–Crippen LogP) is 3.61. The normalized spacial score (nSPS) is 10.7. The lowest BCUT2D eigenvalue weighted by molar-refractivity contribution is -0.133. The van der Waals surface area contributed by atoms with Crippen molar-refractivity contribution in [2.45, 2.75) is 11.7 Å². The first-order valence-corrected chi connectivity index (χ1v) is 11.1. The van der Waals surface area contributed by atoms with Crippen LogP contribution >= 0.6 is 11.8 Å². The second kappa shape index (κ2) is 10.3. The Morgan fingerprint density at radius 3 is 2.31 bits per heavy atom. The fraction of sp³-hybridized carbons (Fsp3) is 0.261. The van der Waals surface area contributed by atoms with Gasteiger partial charge in [-0.25, -0.2) is 14.2 Å². The van der Waals surface area contributed by atoms with Gasteiger partial charge in [0.1, 0.15) is 5.82 Å². The van der Waals surface area contributed by atoms with Crippen molar-refractivity contribution < 1.29 is 18.7 Å². The molecule has 0 saturated heterocycles. The lowest BCUT2D eigenvalue weighted by Gasteiger charge is -2.18. The number of carbonyl (C=O) groups excluding carboxylic acids is 2. The third-order valence-corrected chi connectivity index (χ3v) is 5.48. The van der Waals surface area contributed by atoms with E-state index < -0.39 is 12.6 Å². The highest BCUT2D eigenvalue weighted by Gasteiger charge is 2.21. The number of hydrogen-bond acceptors (Lipinski definition) is 6. The third-order valence-electron chi connectivity index (χ3n) is 4.83. The van der Waals surface area contributed by atoms with E-state index in [2.05, 4.69) is 4.98 Å². The molecule has 9 heteroatoms. The maximum absolute atomic E-state index is 13.3. The summed E-state index contributed by atoms with van der Waals surface area (Å²) in [4.78, 5) is 32.9. The molecule has 168 valence electrons. The molecule has 1 amide bonds. The van der Waals surface area contributed by atoms with Gasteiger partial charge in [-0.3, -0.25) is 9.36 Å². The molecule has 2 aromatic carbocycles. The molecule has 0 N–H and O–H groups in total. The van der Waals surface area contributed by atoms with Crippen LogP contribution in [0.1, 0.15) is 16.1 Å². The Kier molecular flexibility index (Phi) is 7.53. The summed E-state index contributed by atoms with van der Waals surface area (Å²) in [5.41, 5.74) is 2.77. The van der Waals surface area contributed by atoms with Gasteiger partial charge >= 0.3 is 5.97 Å². The smallest absolute Gasteiger partial charge is 0.357 e. The maximum Gasteiger partial charge on any atom is 0.357 e. The first kappa shape index (κ1) is 23.3. The molecule has 0 aliphatic carbocycles. The van der Waals surface area contributed by atoms with Crippen LogP contribution in [0.2, 0.25) is 0 Å². The number of carbonyl (C=O) groups is 2. The number of esters is 1. The van der Waals surface area contributed by atoms with Gasteiger partial charge in [0.2, 0.25) is 0 Å². The molecule has 0 atom stereocenters. The van der Waals surface area contributed by atoms with Crippen molar-refractivity contribution in [2.24, 2.45) is 0 Å². The Balaban J connectivity index is 1.64. The third kappa shape index (κ3) is 5.47. The van der Waals surface area contributed by atoms with Gasteiger partial charge in [-0.2, -0.15) is 0 Å². The van der Waals surface area contributed by atoms with E-state index in [4.69, 9.17) is 4.74 Å². The number of aromatic nitrogens is 2. The fourth-order valence-corrected chi connectivity index (χ4v) is 3.58. The van der Waals surface area contributed by atoms with Crippen molar-refractivity contribution in [2.75, 3.05) is 38.9 Å². The fourth-order valence-electron chi connectivity index (χ4n) is 3.04. The maximum atomic E-state index is 13.3. The summed E-state index contributed by atoms with van der Waals surface area (Å²) in [6.07, 6.45) is 3.21. The van der Waals surface area contributed by atoms with E-state index >= 15 is 0 Å². The first-order valence-electron chi connectivity index (χ1n) is 9.85. The minimum atomic E-state index is -0.681. The molecule has 0 spiro atoms. The second-order valence-electron chi connectivity index (χ2n) is 7.33. The molecule has 0 bridgehead atoms. The molecule has 0 aliphatic heterocycles. The van der Waals surface area contributed by atoms with Crippen LogP contribution in [0.4, 0.5) is 10.1 Å². The lowest BCUT2D eigenvalue weighted by atomic mass is 10.2. The standard InChI is InChI=1S/C23H25FN4O3S/c1-26(2)18-9-5-16(6-10-18)14-27(3)21(29)15-31-22(30)20-13-25-23(32-4)28(20)19-11-7-17(24)8-12-19/h5-13H,14-15H2,1-4H3. The van der Waals surface area contributed by atoms with Gasteiger partial charge in [0, 0.05) is 39.1 Å². The number of thioether (sulfide) groups is 1. The van der Waals surface area contributed by atoms with Gasteiger partial charge in [0.25, 0.3) is 5.91 Å². The van der Waals surface area contributed by atoms with Crippen molar-refractivity contribution in [3.8, 4) is 5.69 Å². The van der Waals surface area contributed by atoms with Crippen LogP contribution in [-0.2, 0) is 16.1 Å². The molecule has 0 aliphatic rings. The number of benzene rings is 2. The van der Waals surface area contributed by atoms with Gasteiger partial charge < -0.3 is 14.5 Å². The van der Waals surface area contributed by atoms with E-state index in [0.29, 0.717) is 17.4 Å². The van der Waals surface area contributed by atoms with E-state index in [-0.39, 0.29) is 17.4 Å². The minimum absolute atomic E-state index is 0.163. The quantitative estimate of drug-likeness (QED) is 0.381. The van der Waals surface area contributed by atoms with Gasteiger partial charge in [-0.15, -0.1) is 0 Å². The van der Waals surface area contributed by atoms with Gasteiger partial charge in [0.15, 0.2) is 17.5 Å². The molecule has 0 radical (unpaired) electrons. The average Bonchev–Trinajstić information content (AvgIpc) is 3.22. The van der Waals surface area contributed by atoms with Crippen LogP contribution in [0, 0.1) is 5.82 Å². The van der Waals surface area contributed by atoms with Crippen LogP contribution in [0.25, 0.3) is 5.69 Å². The average molecular weight is 457 g/mol. The molecule has 32 heavy (non-hydrogen) atoms. The Morgan fingerprint density at radius 1 is 1.06 bits per heavy atom. The number of ether oxygens (including phenoxy) is 1. The molecule has 3 rings (SSSR count). The zero-order chi connectivity index (χ0) is 23.3. The SMILES string of the molecule is CSc1ncc(C(=O)OCC(=O)N(C)Cc2ccc(N(C)C)cc2)n1-c1ccc(F)cc1. The molecule has 0 fully saturated rings. The lowest BCUT2D eigenvalue weighted by Crippen LogP contribution is -2.31. The zero-order valence-corrected chi connectivity index (χ0v) is 19.2. The predicted molar refractivity (Wildman–Crippen MR) is 123 cm³/mol. The summed E-state index contributed by atoms with van der Waals surface area (Å²) in [6.45, 7) is 0.00252. The number of hydrogen-bond donors (Lipinski definition) is 0. The van der Waals surface area contributed by atoms with E-state index in [9.17, 15) is 14.0 Å². The summed E-state index contributed by atoms with van der Waals surface area (Å²) < 4.78 is 20.1. The number of halogens is 1. The zero-order valence-electron chi connectivity index (χ0n) is 18.4. The minimum Gasteiger partial charge on any atom is -0.451 e. The molecular formula is C23H25FN4O3S. The Morgan fingerprint density at radius 2 is 1.72 bits per heavy atom. The molecule has 1 aromatic heterocycles. The van der Waals surface area contributed by atoms with E-state index in [1.807, 2.05) is 49.5 Å². The Labute approximate surface area is 190 Å². The number of nitrogens with zero attached hydrogens (tertiary/aromatic N) is 4. The molecular weight excluding hydrogens is 431 g/mol. The summed E-state index contributed by atoms with van der Waals surface area (Å²) in [5.74, 6) is -1.39. The highest BCUT2D eigenvalue weighted by molar-refractivity contribution is 7.98. The van der Waals surface area contributed by atoms with Gasteiger partial charge in [-0.1, -0.05) is 23.9 Å². The highest BCUT2D eigenvalue weighted by Crippen LogP contribution is 2.22. The molecule has 0 saturated carbocycles. The van der Waals surface area contributed by atoms with Crippen molar-refractivity contribution in [3.05, 3.63) is 71.8 Å². The number of amides is 1. The van der Waals surface area contributed by atoms with Crippen molar-refractivity contribution in [1.82, 2.24) is 14.5 Å². The van der Waals surface area contributed by atoms with Gasteiger partial charge in [0.05, 0.1) is 6.20 Å². The van der Waals surface area contributed by atoms with Crippen LogP contribution in [0.5, 0.6) is 0 Å². The molecule has 3 aromatic rings. The first-order chi connectivity index (χ1) is 15.3. The monoisotopic (exact) mass is 456 g/mol. The molecule has 7 nitrogen and oxygen atoms in total. The summed E-state index contributed by atoms with van der Waals surface area (Å²) >= 11 is 1.34. The second-order valence-corrected chi connectivity index (χ2v) is 8.10. The number of imidazole rings is 1. The summed E-state index contributed by atoms with van der Waals surface area (Å²) in [7, 11) is 5.58. The van der Waals surface area contributed by atoms with Crippen molar-refractivity contribution >= 4 is 29.3 Å². The Hall–Kier alpha value is -3.33. The number of rotatable bonds is 8. The van der Waals surface area contributed by atoms with Crippen LogP contribution in [-0.4, -0.2) is 60.3 Å². The number of anilines is 1. The molecule has 1 heterocycles. The van der Waals surface area contributed by atoms with Crippen molar-refractivity contribution in [3.63, 3.8) is 0 Å². The van der Waals surface area contributed by atoms with E-state index in [0.717, 1.165) is 11.3 Å².